The van der Waals surface area contributed by atoms with E-state index in [-0.39, 0.29) is 0 Å². The second-order valence-electron chi connectivity index (χ2n) is 10.2. The van der Waals surface area contributed by atoms with Crippen LogP contribution in [0.2, 0.25) is 0 Å². The van der Waals surface area contributed by atoms with E-state index in [9.17, 15) is 0 Å². The topological polar surface area (TPSA) is 25.8 Å². The molecule has 1 aliphatic rings. The van der Waals surface area contributed by atoms with Gasteiger partial charge in [-0.05, 0) is 60.6 Å². The number of hydrogen-bond donors (Lipinski definition) is 0. The molecule has 0 N–H and O–H groups in total. The number of benzene rings is 5. The lowest BCUT2D eigenvalue weighted by Gasteiger charge is -2.15. The molecule has 0 unspecified atom stereocenters. The van der Waals surface area contributed by atoms with E-state index in [4.69, 9.17) is 9.97 Å². The standard InChI is InChI=1S/C34H18Br2N2/c35-16-25-17-8-2-1-3-9-18(17)28-26-20(25)12-6-14-23(26)31-33(28)38-34-29-19-10-4-5-11-21(19)30(36)22-13-7-15-24(27(22)29)32(34)37-31/h1-7,9-15H,8,16H2. The summed E-state index contributed by atoms with van der Waals surface area (Å²) in [5, 5.41) is 13.1. The molecule has 2 nitrogen and oxygen atoms in total. The molecule has 0 fully saturated rings. The lowest BCUT2D eigenvalue weighted by atomic mass is 9.90. The van der Waals surface area contributed by atoms with Crippen LogP contribution in [0.15, 0.2) is 83.4 Å². The zero-order chi connectivity index (χ0) is 25.1. The molecule has 38 heavy (non-hydrogen) atoms. The Bertz CT molecular complexity index is 2360. The Labute approximate surface area is 234 Å². The van der Waals surface area contributed by atoms with Crippen LogP contribution in [0.4, 0.5) is 0 Å². The summed E-state index contributed by atoms with van der Waals surface area (Å²) in [5.74, 6) is 0. The largest absolute Gasteiger partial charge is 0.243 e. The number of halogens is 2. The van der Waals surface area contributed by atoms with Crippen molar-refractivity contribution in [3.05, 3.63) is 100 Å². The minimum Gasteiger partial charge on any atom is -0.243 e. The Kier molecular flexibility index (Phi) is 4.21. The number of aromatic nitrogens is 2. The molecule has 1 heterocycles. The van der Waals surface area contributed by atoms with Crippen LogP contribution in [0.3, 0.4) is 0 Å². The Hall–Kier alpha value is -3.60. The molecule has 0 aliphatic heterocycles. The second-order valence-corrected chi connectivity index (χ2v) is 11.5. The Balaban J connectivity index is 1.60. The summed E-state index contributed by atoms with van der Waals surface area (Å²) >= 11 is 7.73. The van der Waals surface area contributed by atoms with E-state index in [0.29, 0.717) is 0 Å². The van der Waals surface area contributed by atoms with Gasteiger partial charge in [-0.3, -0.25) is 0 Å². The van der Waals surface area contributed by atoms with Crippen molar-refractivity contribution < 1.29 is 0 Å². The zero-order valence-corrected chi connectivity index (χ0v) is 23.3. The fourth-order valence-corrected chi connectivity index (χ4v) is 8.21. The maximum absolute atomic E-state index is 5.54. The van der Waals surface area contributed by atoms with Gasteiger partial charge in [0.15, 0.2) is 0 Å². The van der Waals surface area contributed by atoms with Crippen molar-refractivity contribution in [1.29, 1.82) is 0 Å². The molecule has 1 aliphatic carbocycles. The normalized spacial score (nSPS) is 13.8. The molecule has 4 heteroatoms. The summed E-state index contributed by atoms with van der Waals surface area (Å²) in [6.45, 7) is 0. The third-order valence-corrected chi connectivity index (χ3v) is 9.84. The van der Waals surface area contributed by atoms with Crippen LogP contribution < -0.4 is 0 Å². The minimum absolute atomic E-state index is 0.821. The van der Waals surface area contributed by atoms with E-state index in [2.05, 4.69) is 117 Å². The molecule has 0 saturated carbocycles. The number of rotatable bonds is 1. The minimum atomic E-state index is 0.821. The van der Waals surface area contributed by atoms with E-state index < -0.39 is 0 Å². The SMILES string of the molecule is BrCc1c2c(c3c4nc5c(nc4c4cccc1c43)c1cccc3c(Br)c4ccccc4c5c31)C=CC=CC2. The lowest BCUT2D eigenvalue weighted by Crippen LogP contribution is -1.97. The first kappa shape index (κ1) is 21.3. The molecule has 178 valence electrons. The average Bonchev–Trinajstić information content (AvgIpc) is 3.33. The van der Waals surface area contributed by atoms with Crippen molar-refractivity contribution in [2.75, 3.05) is 0 Å². The van der Waals surface area contributed by atoms with Gasteiger partial charge in [-0.25, -0.2) is 9.97 Å². The third kappa shape index (κ3) is 2.48. The van der Waals surface area contributed by atoms with Crippen LogP contribution in [0.25, 0.3) is 82.0 Å². The van der Waals surface area contributed by atoms with Crippen molar-refractivity contribution in [2.24, 2.45) is 0 Å². The second kappa shape index (κ2) is 7.49. The van der Waals surface area contributed by atoms with Crippen LogP contribution in [-0.2, 0) is 11.8 Å². The van der Waals surface area contributed by atoms with Gasteiger partial charge < -0.3 is 0 Å². The molecule has 8 aromatic rings. The van der Waals surface area contributed by atoms with E-state index >= 15 is 0 Å². The number of fused-ring (bicyclic) bond motifs is 10. The molecule has 1 aromatic heterocycles. The summed E-state index contributed by atoms with van der Waals surface area (Å²) in [6, 6.07) is 21.8. The number of hydrogen-bond acceptors (Lipinski definition) is 2. The van der Waals surface area contributed by atoms with Crippen molar-refractivity contribution in [3.8, 4) is 0 Å². The zero-order valence-electron chi connectivity index (χ0n) is 20.1. The van der Waals surface area contributed by atoms with E-state index in [1.165, 1.54) is 70.6 Å². The average molecular weight is 614 g/mol. The summed E-state index contributed by atoms with van der Waals surface area (Å²) < 4.78 is 1.13. The molecule has 9 rings (SSSR count). The molecular formula is C34H18Br2N2. The maximum atomic E-state index is 5.54. The van der Waals surface area contributed by atoms with Gasteiger partial charge in [0.05, 0.1) is 22.1 Å². The molecule has 0 radical (unpaired) electrons. The smallest absolute Gasteiger partial charge is 0.0986 e. The maximum Gasteiger partial charge on any atom is 0.0986 e. The number of allylic oxidation sites excluding steroid dienone is 3. The third-order valence-electron chi connectivity index (χ3n) is 8.43. The molecular weight excluding hydrogens is 596 g/mol. The Morgan fingerprint density at radius 2 is 1.24 bits per heavy atom. The van der Waals surface area contributed by atoms with Gasteiger partial charge in [0.1, 0.15) is 0 Å². The molecule has 0 atom stereocenters. The first-order valence-corrected chi connectivity index (χ1v) is 14.7. The fraction of sp³-hybridized carbons (Fsp3) is 0.0588. The van der Waals surface area contributed by atoms with Crippen LogP contribution in [0, 0.1) is 0 Å². The summed E-state index contributed by atoms with van der Waals surface area (Å²) in [6.07, 6.45) is 9.75. The van der Waals surface area contributed by atoms with Crippen LogP contribution >= 0.6 is 31.9 Å². The van der Waals surface area contributed by atoms with E-state index in [1.54, 1.807) is 0 Å². The quantitative estimate of drug-likeness (QED) is 0.136. The molecule has 0 saturated heterocycles. The highest BCUT2D eigenvalue weighted by atomic mass is 79.9. The first-order chi connectivity index (χ1) is 18.8. The number of nitrogens with zero attached hydrogens (tertiary/aromatic N) is 2. The summed E-state index contributed by atoms with van der Waals surface area (Å²) in [4.78, 5) is 11.0. The van der Waals surface area contributed by atoms with Gasteiger partial charge in [-0.1, -0.05) is 101 Å². The van der Waals surface area contributed by atoms with Gasteiger partial charge in [0.25, 0.3) is 0 Å². The molecule has 0 spiro atoms. The van der Waals surface area contributed by atoms with Gasteiger partial charge in [0, 0.05) is 42.1 Å². The van der Waals surface area contributed by atoms with Gasteiger partial charge in [-0.2, -0.15) is 0 Å². The Morgan fingerprint density at radius 1 is 0.605 bits per heavy atom. The van der Waals surface area contributed by atoms with Crippen molar-refractivity contribution in [2.45, 2.75) is 11.8 Å². The van der Waals surface area contributed by atoms with Crippen molar-refractivity contribution in [3.63, 3.8) is 0 Å². The highest BCUT2D eigenvalue weighted by molar-refractivity contribution is 9.11. The van der Waals surface area contributed by atoms with Crippen LogP contribution in [-0.4, -0.2) is 9.97 Å². The highest BCUT2D eigenvalue weighted by Gasteiger charge is 2.25. The first-order valence-electron chi connectivity index (χ1n) is 12.8. The lowest BCUT2D eigenvalue weighted by molar-refractivity contribution is 1.23. The van der Waals surface area contributed by atoms with Gasteiger partial charge >= 0.3 is 0 Å². The van der Waals surface area contributed by atoms with Gasteiger partial charge in [0.2, 0.25) is 0 Å². The monoisotopic (exact) mass is 612 g/mol. The predicted molar refractivity (Wildman–Crippen MR) is 169 cm³/mol. The van der Waals surface area contributed by atoms with Gasteiger partial charge in [-0.15, -0.1) is 0 Å². The molecule has 7 aromatic carbocycles. The van der Waals surface area contributed by atoms with E-state index in [1.807, 2.05) is 0 Å². The predicted octanol–water partition coefficient (Wildman–Crippen LogP) is 10.2. The fourth-order valence-electron chi connectivity index (χ4n) is 6.89. The van der Waals surface area contributed by atoms with Crippen LogP contribution in [0.5, 0.6) is 0 Å². The molecule has 0 bridgehead atoms. The van der Waals surface area contributed by atoms with Crippen molar-refractivity contribution >= 4 is 114 Å². The highest BCUT2D eigenvalue weighted by Crippen LogP contribution is 2.48. The Morgan fingerprint density at radius 3 is 2.03 bits per heavy atom. The van der Waals surface area contributed by atoms with Crippen molar-refractivity contribution in [1.82, 2.24) is 9.97 Å². The summed E-state index contributed by atoms with van der Waals surface area (Å²) in [5.41, 5.74) is 8.00. The summed E-state index contributed by atoms with van der Waals surface area (Å²) in [7, 11) is 0. The van der Waals surface area contributed by atoms with Crippen LogP contribution in [0.1, 0.15) is 16.7 Å². The molecule has 0 amide bonds. The number of alkyl halides is 1. The van der Waals surface area contributed by atoms with E-state index in [0.717, 1.165) is 38.3 Å².